The molecule has 90 valence electrons. The SMILES string of the molecule is COC(C)CNc1ccnc2c(Br)cccc12. The fraction of sp³-hybridized carbons (Fsp3) is 0.308. The lowest BCUT2D eigenvalue weighted by atomic mass is 10.2. The molecule has 2 rings (SSSR count). The third kappa shape index (κ3) is 2.76. The van der Waals surface area contributed by atoms with Gasteiger partial charge < -0.3 is 10.1 Å². The molecule has 1 aromatic carbocycles. The van der Waals surface area contributed by atoms with Gasteiger partial charge >= 0.3 is 0 Å². The van der Waals surface area contributed by atoms with Crippen LogP contribution < -0.4 is 5.32 Å². The van der Waals surface area contributed by atoms with Crippen molar-refractivity contribution in [1.82, 2.24) is 4.98 Å². The maximum Gasteiger partial charge on any atom is 0.0864 e. The number of anilines is 1. The van der Waals surface area contributed by atoms with Crippen LogP contribution >= 0.6 is 15.9 Å². The summed E-state index contributed by atoms with van der Waals surface area (Å²) in [5, 5.41) is 4.50. The molecule has 0 radical (unpaired) electrons. The molecule has 0 saturated heterocycles. The zero-order chi connectivity index (χ0) is 12.3. The van der Waals surface area contributed by atoms with E-state index in [1.807, 2.05) is 31.3 Å². The second-order valence-electron chi connectivity index (χ2n) is 3.92. The summed E-state index contributed by atoms with van der Waals surface area (Å²) >= 11 is 3.51. The van der Waals surface area contributed by atoms with Gasteiger partial charge in [0, 0.05) is 35.4 Å². The monoisotopic (exact) mass is 294 g/mol. The van der Waals surface area contributed by atoms with Crippen LogP contribution in [0.1, 0.15) is 6.92 Å². The van der Waals surface area contributed by atoms with Gasteiger partial charge in [0.1, 0.15) is 0 Å². The van der Waals surface area contributed by atoms with Gasteiger partial charge in [-0.25, -0.2) is 0 Å². The number of pyridine rings is 1. The van der Waals surface area contributed by atoms with E-state index in [2.05, 4.69) is 32.3 Å². The molecule has 0 aliphatic heterocycles. The van der Waals surface area contributed by atoms with E-state index in [0.717, 1.165) is 27.6 Å². The van der Waals surface area contributed by atoms with Gasteiger partial charge in [0.05, 0.1) is 11.6 Å². The lowest BCUT2D eigenvalue weighted by molar-refractivity contribution is 0.129. The highest BCUT2D eigenvalue weighted by Crippen LogP contribution is 2.27. The lowest BCUT2D eigenvalue weighted by Crippen LogP contribution is -2.18. The number of methoxy groups -OCH3 is 1. The zero-order valence-corrected chi connectivity index (χ0v) is 11.5. The minimum absolute atomic E-state index is 0.186. The molecule has 0 aliphatic rings. The van der Waals surface area contributed by atoms with Crippen LogP contribution in [-0.4, -0.2) is 24.7 Å². The molecule has 0 spiro atoms. The van der Waals surface area contributed by atoms with Crippen LogP contribution in [0, 0.1) is 0 Å². The Bertz CT molecular complexity index is 516. The Morgan fingerprint density at radius 1 is 1.41 bits per heavy atom. The molecule has 4 heteroatoms. The molecular weight excluding hydrogens is 280 g/mol. The summed E-state index contributed by atoms with van der Waals surface area (Å²) in [5.41, 5.74) is 2.06. The number of ether oxygens (including phenoxy) is 1. The molecule has 0 bridgehead atoms. The highest BCUT2D eigenvalue weighted by Gasteiger charge is 2.05. The molecule has 17 heavy (non-hydrogen) atoms. The van der Waals surface area contributed by atoms with Crippen molar-refractivity contribution >= 4 is 32.5 Å². The number of aromatic nitrogens is 1. The Hall–Kier alpha value is -1.13. The number of rotatable bonds is 4. The molecule has 0 fully saturated rings. The van der Waals surface area contributed by atoms with Crippen molar-refractivity contribution in [2.75, 3.05) is 19.0 Å². The van der Waals surface area contributed by atoms with Gasteiger partial charge in [-0.3, -0.25) is 4.98 Å². The molecule has 1 aromatic heterocycles. The van der Waals surface area contributed by atoms with E-state index in [4.69, 9.17) is 4.74 Å². The largest absolute Gasteiger partial charge is 0.382 e. The molecule has 1 N–H and O–H groups in total. The predicted molar refractivity (Wildman–Crippen MR) is 74.4 cm³/mol. The fourth-order valence-electron chi connectivity index (χ4n) is 1.63. The third-order valence-corrected chi connectivity index (χ3v) is 3.34. The average molecular weight is 295 g/mol. The Kier molecular flexibility index (Phi) is 3.97. The molecule has 0 saturated carbocycles. The second-order valence-corrected chi connectivity index (χ2v) is 4.78. The minimum Gasteiger partial charge on any atom is -0.382 e. The first-order chi connectivity index (χ1) is 8.22. The average Bonchev–Trinajstić information content (AvgIpc) is 2.36. The van der Waals surface area contributed by atoms with Gasteiger partial charge in [0.25, 0.3) is 0 Å². The zero-order valence-electron chi connectivity index (χ0n) is 9.90. The first-order valence-electron chi connectivity index (χ1n) is 5.52. The quantitative estimate of drug-likeness (QED) is 0.938. The van der Waals surface area contributed by atoms with Crippen LogP contribution in [0.4, 0.5) is 5.69 Å². The predicted octanol–water partition coefficient (Wildman–Crippen LogP) is 3.44. The molecular formula is C13H15BrN2O. The number of hydrogen-bond donors (Lipinski definition) is 1. The highest BCUT2D eigenvalue weighted by atomic mass is 79.9. The van der Waals surface area contributed by atoms with E-state index in [0.29, 0.717) is 0 Å². The number of nitrogens with zero attached hydrogens (tertiary/aromatic N) is 1. The van der Waals surface area contributed by atoms with Crippen LogP contribution in [0.5, 0.6) is 0 Å². The Morgan fingerprint density at radius 2 is 2.24 bits per heavy atom. The normalized spacial score (nSPS) is 12.6. The number of hydrogen-bond acceptors (Lipinski definition) is 3. The van der Waals surface area contributed by atoms with Crippen molar-refractivity contribution in [3.8, 4) is 0 Å². The molecule has 1 unspecified atom stereocenters. The molecule has 0 amide bonds. The van der Waals surface area contributed by atoms with E-state index < -0.39 is 0 Å². The van der Waals surface area contributed by atoms with Gasteiger partial charge in [-0.1, -0.05) is 12.1 Å². The van der Waals surface area contributed by atoms with Gasteiger partial charge in [0.2, 0.25) is 0 Å². The summed E-state index contributed by atoms with van der Waals surface area (Å²) in [4.78, 5) is 4.37. The summed E-state index contributed by atoms with van der Waals surface area (Å²) in [6, 6.07) is 8.06. The number of fused-ring (bicyclic) bond motifs is 1. The van der Waals surface area contributed by atoms with Crippen molar-refractivity contribution in [2.45, 2.75) is 13.0 Å². The molecule has 2 aromatic rings. The van der Waals surface area contributed by atoms with Crippen molar-refractivity contribution in [3.05, 3.63) is 34.9 Å². The number of halogens is 1. The Balaban J connectivity index is 2.31. The van der Waals surface area contributed by atoms with E-state index in [9.17, 15) is 0 Å². The van der Waals surface area contributed by atoms with Gasteiger partial charge in [0.15, 0.2) is 0 Å². The van der Waals surface area contributed by atoms with Gasteiger partial charge in [-0.05, 0) is 35.0 Å². The highest BCUT2D eigenvalue weighted by molar-refractivity contribution is 9.10. The second kappa shape index (κ2) is 5.47. The van der Waals surface area contributed by atoms with Crippen LogP contribution in [-0.2, 0) is 4.74 Å². The summed E-state index contributed by atoms with van der Waals surface area (Å²) in [5.74, 6) is 0. The minimum atomic E-state index is 0.186. The lowest BCUT2D eigenvalue weighted by Gasteiger charge is -2.13. The summed E-state index contributed by atoms with van der Waals surface area (Å²) < 4.78 is 6.23. The summed E-state index contributed by atoms with van der Waals surface area (Å²) in [7, 11) is 1.72. The topological polar surface area (TPSA) is 34.1 Å². The Labute approximate surface area is 109 Å². The smallest absolute Gasteiger partial charge is 0.0864 e. The van der Waals surface area contributed by atoms with Gasteiger partial charge in [-0.2, -0.15) is 0 Å². The van der Waals surface area contributed by atoms with E-state index in [1.165, 1.54) is 0 Å². The first-order valence-corrected chi connectivity index (χ1v) is 6.31. The fourth-order valence-corrected chi connectivity index (χ4v) is 2.10. The van der Waals surface area contributed by atoms with Crippen molar-refractivity contribution < 1.29 is 4.74 Å². The molecule has 0 aliphatic carbocycles. The maximum absolute atomic E-state index is 5.22. The van der Waals surface area contributed by atoms with E-state index in [1.54, 1.807) is 7.11 Å². The van der Waals surface area contributed by atoms with Crippen LogP contribution in [0.3, 0.4) is 0 Å². The van der Waals surface area contributed by atoms with E-state index >= 15 is 0 Å². The van der Waals surface area contributed by atoms with Crippen molar-refractivity contribution in [2.24, 2.45) is 0 Å². The summed E-state index contributed by atoms with van der Waals surface area (Å²) in [6.07, 6.45) is 2.00. The molecule has 3 nitrogen and oxygen atoms in total. The number of nitrogens with one attached hydrogen (secondary N) is 1. The maximum atomic E-state index is 5.22. The van der Waals surface area contributed by atoms with Crippen LogP contribution in [0.15, 0.2) is 34.9 Å². The van der Waals surface area contributed by atoms with E-state index in [-0.39, 0.29) is 6.10 Å². The first kappa shape index (κ1) is 12.3. The van der Waals surface area contributed by atoms with Crippen molar-refractivity contribution in [3.63, 3.8) is 0 Å². The van der Waals surface area contributed by atoms with Gasteiger partial charge in [-0.15, -0.1) is 0 Å². The van der Waals surface area contributed by atoms with Crippen LogP contribution in [0.2, 0.25) is 0 Å². The van der Waals surface area contributed by atoms with Crippen LogP contribution in [0.25, 0.3) is 10.9 Å². The standard InChI is InChI=1S/C13H15BrN2O/c1-9(17-2)8-16-12-6-7-15-13-10(12)4-3-5-11(13)14/h3-7,9H,8H2,1-2H3,(H,15,16). The van der Waals surface area contributed by atoms with Crippen molar-refractivity contribution in [1.29, 1.82) is 0 Å². The molecule has 1 atom stereocenters. The Morgan fingerprint density at radius 3 is 3.00 bits per heavy atom. The molecule has 1 heterocycles. The summed E-state index contributed by atoms with van der Waals surface area (Å²) in [6.45, 7) is 2.81. The number of para-hydroxylation sites is 1. The third-order valence-electron chi connectivity index (χ3n) is 2.70. The number of benzene rings is 1.